The van der Waals surface area contributed by atoms with E-state index in [-0.39, 0.29) is 23.5 Å². The Balaban J connectivity index is 2.81. The number of alkyl halides is 1. The number of rotatable bonds is 6. The van der Waals surface area contributed by atoms with Gasteiger partial charge >= 0.3 is 11.7 Å². The van der Waals surface area contributed by atoms with Crippen LogP contribution in [-0.4, -0.2) is 42.4 Å². The minimum absolute atomic E-state index is 0.00860. The van der Waals surface area contributed by atoms with Crippen LogP contribution in [-0.2, 0) is 9.53 Å². The molecule has 0 heterocycles. The van der Waals surface area contributed by atoms with Gasteiger partial charge in [-0.1, -0.05) is 15.9 Å². The van der Waals surface area contributed by atoms with Gasteiger partial charge in [0.25, 0.3) is 5.91 Å². The van der Waals surface area contributed by atoms with Crippen molar-refractivity contribution in [1.82, 2.24) is 5.32 Å². The number of hydrogen-bond donors (Lipinski definition) is 1. The van der Waals surface area contributed by atoms with Crippen LogP contribution in [0.5, 0.6) is 5.75 Å². The number of benzene rings is 1. The van der Waals surface area contributed by atoms with Crippen LogP contribution < -0.4 is 10.1 Å². The Labute approximate surface area is 128 Å². The van der Waals surface area contributed by atoms with Gasteiger partial charge in [0.15, 0.2) is 5.75 Å². The molecule has 114 valence electrons. The fourth-order valence-electron chi connectivity index (χ4n) is 1.47. The maximum atomic E-state index is 11.9. The molecule has 1 amide bonds. The molecule has 1 rings (SSSR count). The lowest BCUT2D eigenvalue weighted by atomic mass is 10.1. The summed E-state index contributed by atoms with van der Waals surface area (Å²) in [7, 11) is 2.53. The lowest BCUT2D eigenvalue weighted by Gasteiger charge is -2.09. The quantitative estimate of drug-likeness (QED) is 0.354. The van der Waals surface area contributed by atoms with Crippen molar-refractivity contribution in [3.8, 4) is 5.75 Å². The fourth-order valence-corrected chi connectivity index (χ4v) is 1.82. The number of halogens is 1. The van der Waals surface area contributed by atoms with Crippen molar-refractivity contribution in [2.75, 3.05) is 20.8 Å². The number of methoxy groups -OCH3 is 2. The van der Waals surface area contributed by atoms with E-state index in [1.165, 1.54) is 26.4 Å². The van der Waals surface area contributed by atoms with E-state index in [2.05, 4.69) is 26.0 Å². The number of nitro benzene ring substituents is 1. The first kappa shape index (κ1) is 16.9. The van der Waals surface area contributed by atoms with Gasteiger partial charge in [0.1, 0.15) is 4.83 Å². The first-order chi connectivity index (χ1) is 9.90. The summed E-state index contributed by atoms with van der Waals surface area (Å²) >= 11 is 3.05. The molecule has 8 nitrogen and oxygen atoms in total. The smallest absolute Gasteiger partial charge is 0.321 e. The zero-order valence-electron chi connectivity index (χ0n) is 11.3. The van der Waals surface area contributed by atoms with Gasteiger partial charge in [0, 0.05) is 18.2 Å². The summed E-state index contributed by atoms with van der Waals surface area (Å²) in [4.78, 5) is 32.6. The van der Waals surface area contributed by atoms with Gasteiger partial charge in [-0.3, -0.25) is 19.7 Å². The summed E-state index contributed by atoms with van der Waals surface area (Å²) in [6.07, 6.45) is 0. The van der Waals surface area contributed by atoms with Gasteiger partial charge in [-0.25, -0.2) is 0 Å². The Morgan fingerprint density at radius 1 is 1.43 bits per heavy atom. The molecule has 21 heavy (non-hydrogen) atoms. The van der Waals surface area contributed by atoms with Crippen molar-refractivity contribution in [3.63, 3.8) is 0 Å². The van der Waals surface area contributed by atoms with E-state index in [0.29, 0.717) is 0 Å². The number of amides is 1. The maximum absolute atomic E-state index is 11.9. The standard InChI is InChI=1S/C12H13BrN2O6/c1-20-10-4-3-7(5-9(10)15(18)19)11(16)14-6-8(13)12(17)21-2/h3-5,8H,6H2,1-2H3,(H,14,16). The maximum Gasteiger partial charge on any atom is 0.321 e. The summed E-state index contributed by atoms with van der Waals surface area (Å²) in [6.45, 7) is -0.00860. The molecule has 1 aromatic rings. The summed E-state index contributed by atoms with van der Waals surface area (Å²) < 4.78 is 9.33. The van der Waals surface area contributed by atoms with Gasteiger partial charge in [0.05, 0.1) is 19.1 Å². The number of esters is 1. The van der Waals surface area contributed by atoms with Crippen molar-refractivity contribution in [2.24, 2.45) is 0 Å². The summed E-state index contributed by atoms with van der Waals surface area (Å²) in [6, 6.07) is 3.83. The van der Waals surface area contributed by atoms with Crippen molar-refractivity contribution in [1.29, 1.82) is 0 Å². The van der Waals surface area contributed by atoms with E-state index < -0.39 is 21.6 Å². The zero-order chi connectivity index (χ0) is 16.0. The molecule has 0 aliphatic carbocycles. The number of nitrogens with one attached hydrogen (secondary N) is 1. The number of carbonyl (C=O) groups excluding carboxylic acids is 2. The molecule has 0 saturated carbocycles. The van der Waals surface area contributed by atoms with Crippen molar-refractivity contribution in [3.05, 3.63) is 33.9 Å². The number of nitrogens with zero attached hydrogens (tertiary/aromatic N) is 1. The Morgan fingerprint density at radius 2 is 2.10 bits per heavy atom. The Morgan fingerprint density at radius 3 is 2.62 bits per heavy atom. The predicted molar refractivity (Wildman–Crippen MR) is 76.7 cm³/mol. The molecule has 0 aliphatic rings. The third-order valence-corrected chi connectivity index (χ3v) is 3.23. The first-order valence-corrected chi connectivity index (χ1v) is 6.64. The van der Waals surface area contributed by atoms with Crippen LogP contribution in [0.2, 0.25) is 0 Å². The van der Waals surface area contributed by atoms with Gasteiger partial charge in [-0.05, 0) is 12.1 Å². The molecule has 0 saturated heterocycles. The SMILES string of the molecule is COC(=O)C(Br)CNC(=O)c1ccc(OC)c([N+](=O)[O-])c1. The molecule has 0 fully saturated rings. The summed E-state index contributed by atoms with van der Waals surface area (Å²) in [5.41, 5.74) is -0.222. The molecule has 1 atom stereocenters. The number of nitro groups is 1. The zero-order valence-corrected chi connectivity index (χ0v) is 12.9. The molecule has 1 N–H and O–H groups in total. The van der Waals surface area contributed by atoms with Crippen molar-refractivity contribution in [2.45, 2.75) is 4.83 Å². The summed E-state index contributed by atoms with van der Waals surface area (Å²) in [5.74, 6) is -1.02. The Bertz CT molecular complexity index is 563. The molecule has 0 bridgehead atoms. The van der Waals surface area contributed by atoms with E-state index in [1.54, 1.807) is 0 Å². The lowest BCUT2D eigenvalue weighted by molar-refractivity contribution is -0.385. The van der Waals surface area contributed by atoms with Crippen LogP contribution in [0.15, 0.2) is 18.2 Å². The highest BCUT2D eigenvalue weighted by Gasteiger charge is 2.20. The van der Waals surface area contributed by atoms with Crippen LogP contribution in [0, 0.1) is 10.1 Å². The number of ether oxygens (including phenoxy) is 2. The highest BCUT2D eigenvalue weighted by atomic mass is 79.9. The second-order valence-electron chi connectivity index (χ2n) is 3.84. The molecule has 9 heteroatoms. The predicted octanol–water partition coefficient (Wildman–Crippen LogP) is 1.27. The average Bonchev–Trinajstić information content (AvgIpc) is 2.50. The van der Waals surface area contributed by atoms with Crippen LogP contribution in [0.1, 0.15) is 10.4 Å². The third-order valence-electron chi connectivity index (χ3n) is 2.54. The molecular weight excluding hydrogens is 348 g/mol. The molecule has 0 radical (unpaired) electrons. The van der Waals surface area contributed by atoms with E-state index in [9.17, 15) is 19.7 Å². The van der Waals surface area contributed by atoms with E-state index in [1.807, 2.05) is 0 Å². The molecule has 0 aromatic heterocycles. The van der Waals surface area contributed by atoms with Crippen LogP contribution in [0.4, 0.5) is 5.69 Å². The highest BCUT2D eigenvalue weighted by Crippen LogP contribution is 2.27. The molecule has 0 spiro atoms. The minimum Gasteiger partial charge on any atom is -0.490 e. The highest BCUT2D eigenvalue weighted by molar-refractivity contribution is 9.10. The second-order valence-corrected chi connectivity index (χ2v) is 4.95. The largest absolute Gasteiger partial charge is 0.490 e. The third kappa shape index (κ3) is 4.42. The van der Waals surface area contributed by atoms with E-state index in [4.69, 9.17) is 4.74 Å². The normalized spacial score (nSPS) is 11.4. The van der Waals surface area contributed by atoms with E-state index in [0.717, 1.165) is 6.07 Å². The van der Waals surface area contributed by atoms with Gasteiger partial charge in [-0.15, -0.1) is 0 Å². The topological polar surface area (TPSA) is 108 Å². The Hall–Kier alpha value is -2.16. The van der Waals surface area contributed by atoms with Crippen molar-refractivity contribution >= 4 is 33.5 Å². The van der Waals surface area contributed by atoms with Crippen molar-refractivity contribution < 1.29 is 24.0 Å². The van der Waals surface area contributed by atoms with Crippen LogP contribution in [0.25, 0.3) is 0 Å². The van der Waals surface area contributed by atoms with Gasteiger partial charge in [-0.2, -0.15) is 0 Å². The summed E-state index contributed by atoms with van der Waals surface area (Å²) in [5, 5.41) is 13.3. The Kier molecular flexibility index (Phi) is 6.10. The fraction of sp³-hybridized carbons (Fsp3) is 0.333. The second kappa shape index (κ2) is 7.58. The average molecular weight is 361 g/mol. The molecular formula is C12H13BrN2O6. The minimum atomic E-state index is -0.695. The van der Waals surface area contributed by atoms with E-state index >= 15 is 0 Å². The lowest BCUT2D eigenvalue weighted by Crippen LogP contribution is -2.33. The number of hydrogen-bond acceptors (Lipinski definition) is 6. The molecule has 1 aromatic carbocycles. The van der Waals surface area contributed by atoms with Crippen LogP contribution >= 0.6 is 15.9 Å². The first-order valence-electron chi connectivity index (χ1n) is 5.73. The molecule has 0 aliphatic heterocycles. The number of carbonyl (C=O) groups is 2. The monoisotopic (exact) mass is 360 g/mol. The molecule has 1 unspecified atom stereocenters. The van der Waals surface area contributed by atoms with Gasteiger partial charge in [0.2, 0.25) is 0 Å². The van der Waals surface area contributed by atoms with Gasteiger partial charge < -0.3 is 14.8 Å². The van der Waals surface area contributed by atoms with Crippen LogP contribution in [0.3, 0.4) is 0 Å².